The van der Waals surface area contributed by atoms with Crippen molar-refractivity contribution in [3.8, 4) is 34.7 Å². The molecule has 3 heterocycles. The van der Waals surface area contributed by atoms with Gasteiger partial charge >= 0.3 is 0 Å². The molecule has 0 spiro atoms. The van der Waals surface area contributed by atoms with Crippen LogP contribution in [-0.4, -0.2) is 9.97 Å². The van der Waals surface area contributed by atoms with Crippen molar-refractivity contribution < 1.29 is 4.42 Å². The summed E-state index contributed by atoms with van der Waals surface area (Å²) in [6.45, 7) is 0. The minimum absolute atomic E-state index is 0.530. The minimum Gasteiger partial charge on any atom is -0.456 e. The fourth-order valence-electron chi connectivity index (χ4n) is 6.37. The van der Waals surface area contributed by atoms with Crippen LogP contribution >= 0.6 is 0 Å². The SMILES string of the molecule is N#CC(/C=C\N)=C/CC/C=C\C(=C/N)c1c2ccccc2c(-c2ccc(-c3cc(C#N)ccn3)nc2)c2cc3c(cc12)oc1ccccc13. The highest BCUT2D eigenvalue weighted by molar-refractivity contribution is 6.23. The van der Waals surface area contributed by atoms with Crippen molar-refractivity contribution in [2.45, 2.75) is 12.8 Å². The van der Waals surface area contributed by atoms with Gasteiger partial charge < -0.3 is 15.9 Å². The molecule has 7 aromatic rings. The first-order chi connectivity index (χ1) is 24.1. The summed E-state index contributed by atoms with van der Waals surface area (Å²) in [5.74, 6) is 0. The number of aromatic nitrogens is 2. The molecule has 0 saturated heterocycles. The molecule has 0 fully saturated rings. The van der Waals surface area contributed by atoms with Gasteiger partial charge in [-0.2, -0.15) is 10.5 Å². The van der Waals surface area contributed by atoms with Crippen LogP contribution in [0.1, 0.15) is 24.0 Å². The first kappa shape index (κ1) is 30.7. The normalized spacial score (nSPS) is 12.4. The molecule has 0 bridgehead atoms. The monoisotopic (exact) mass is 634 g/mol. The highest BCUT2D eigenvalue weighted by Crippen LogP contribution is 2.44. The van der Waals surface area contributed by atoms with E-state index in [9.17, 15) is 10.5 Å². The molecule has 0 unspecified atom stereocenters. The van der Waals surface area contributed by atoms with Crippen LogP contribution in [0.25, 0.3) is 71.6 Å². The van der Waals surface area contributed by atoms with E-state index in [1.54, 1.807) is 30.6 Å². The van der Waals surface area contributed by atoms with E-state index in [2.05, 4.69) is 59.6 Å². The van der Waals surface area contributed by atoms with Gasteiger partial charge in [0.15, 0.2) is 0 Å². The molecule has 4 aromatic carbocycles. The number of pyridine rings is 2. The van der Waals surface area contributed by atoms with E-state index in [0.29, 0.717) is 35.4 Å². The van der Waals surface area contributed by atoms with Crippen molar-refractivity contribution in [3.63, 3.8) is 0 Å². The van der Waals surface area contributed by atoms with E-state index in [4.69, 9.17) is 20.9 Å². The molecule has 0 amide bonds. The predicted molar refractivity (Wildman–Crippen MR) is 197 cm³/mol. The maximum atomic E-state index is 9.39. The molecular formula is C42H30N6O. The van der Waals surface area contributed by atoms with Gasteiger partial charge in [-0.05, 0) is 99.8 Å². The first-order valence-corrected chi connectivity index (χ1v) is 15.8. The van der Waals surface area contributed by atoms with Crippen molar-refractivity contribution >= 4 is 49.1 Å². The third kappa shape index (κ3) is 5.78. The molecular weight excluding hydrogens is 605 g/mol. The number of allylic oxidation sites excluding steroid dienone is 6. The van der Waals surface area contributed by atoms with Gasteiger partial charge in [0.25, 0.3) is 0 Å². The molecule has 49 heavy (non-hydrogen) atoms. The Morgan fingerprint density at radius 3 is 2.31 bits per heavy atom. The van der Waals surface area contributed by atoms with Crippen molar-refractivity contribution in [3.05, 3.63) is 151 Å². The van der Waals surface area contributed by atoms with E-state index >= 15 is 0 Å². The molecule has 4 N–H and O–H groups in total. The highest BCUT2D eigenvalue weighted by atomic mass is 16.3. The lowest BCUT2D eigenvalue weighted by Crippen LogP contribution is -1.96. The van der Waals surface area contributed by atoms with Crippen LogP contribution in [-0.2, 0) is 0 Å². The number of nitrogens with zero attached hydrogens (tertiary/aromatic N) is 4. The van der Waals surface area contributed by atoms with Gasteiger partial charge in [-0.15, -0.1) is 0 Å². The zero-order valence-corrected chi connectivity index (χ0v) is 26.5. The molecule has 7 heteroatoms. The maximum absolute atomic E-state index is 9.39. The Balaban J connectivity index is 1.44. The number of nitriles is 2. The number of nitrogens with two attached hydrogens (primary N) is 2. The predicted octanol–water partition coefficient (Wildman–Crippen LogP) is 9.45. The Bertz CT molecular complexity index is 2590. The van der Waals surface area contributed by atoms with Gasteiger partial charge in [0.1, 0.15) is 11.2 Å². The second kappa shape index (κ2) is 13.4. The number of fused-ring (bicyclic) bond motifs is 5. The van der Waals surface area contributed by atoms with Gasteiger partial charge in [-0.3, -0.25) is 9.97 Å². The van der Waals surface area contributed by atoms with Crippen molar-refractivity contribution in [2.24, 2.45) is 11.5 Å². The number of hydrogen-bond acceptors (Lipinski definition) is 7. The molecule has 0 aliphatic rings. The van der Waals surface area contributed by atoms with Crippen LogP contribution in [0.15, 0.2) is 144 Å². The van der Waals surface area contributed by atoms with Gasteiger partial charge in [0.2, 0.25) is 0 Å². The molecule has 0 atom stereocenters. The summed E-state index contributed by atoms with van der Waals surface area (Å²) < 4.78 is 6.38. The Morgan fingerprint density at radius 1 is 0.735 bits per heavy atom. The summed E-state index contributed by atoms with van der Waals surface area (Å²) in [5, 5.41) is 24.9. The van der Waals surface area contributed by atoms with Crippen LogP contribution in [0.3, 0.4) is 0 Å². The summed E-state index contributed by atoms with van der Waals surface area (Å²) in [5.41, 5.74) is 19.7. The third-order valence-electron chi connectivity index (χ3n) is 8.59. The summed E-state index contributed by atoms with van der Waals surface area (Å²) in [7, 11) is 0. The van der Waals surface area contributed by atoms with Gasteiger partial charge in [0.05, 0.1) is 29.1 Å². The van der Waals surface area contributed by atoms with Gasteiger partial charge in [-0.1, -0.05) is 66.8 Å². The summed E-state index contributed by atoms with van der Waals surface area (Å²) in [6.07, 6.45) is 15.5. The molecule has 3 aromatic heterocycles. The quantitative estimate of drug-likeness (QED) is 0.0734. The lowest BCUT2D eigenvalue weighted by Gasteiger charge is -2.18. The van der Waals surface area contributed by atoms with E-state index in [0.717, 1.165) is 65.7 Å². The Kier molecular flexibility index (Phi) is 8.40. The fraction of sp³-hybridized carbons (Fsp3) is 0.0476. The number of rotatable bonds is 8. The summed E-state index contributed by atoms with van der Waals surface area (Å²) in [6, 6.07) is 32.5. The minimum atomic E-state index is 0.530. The van der Waals surface area contributed by atoms with E-state index in [1.165, 1.54) is 6.20 Å². The van der Waals surface area contributed by atoms with Crippen LogP contribution in [0.2, 0.25) is 0 Å². The number of hydrogen-bond donors (Lipinski definition) is 2. The van der Waals surface area contributed by atoms with Crippen LogP contribution < -0.4 is 11.5 Å². The standard InChI is InChI=1S/C42H30N6O/c43-18-16-27(23-44)8-2-1-3-9-29(25-46)41-32-11-4-5-12-33(32)42(30-14-15-37(48-26-30)38-20-28(24-45)17-19-47-38)35-21-34-31-10-6-7-13-39(31)49-40(34)22-36(35)41/h3-22,25-26H,1-2,43,46H2/b9-3-,18-16-,27-8+,29-25+. The Hall–Kier alpha value is -6.96. The lowest BCUT2D eigenvalue weighted by molar-refractivity contribution is 0.669. The number of benzene rings is 4. The lowest BCUT2D eigenvalue weighted by atomic mass is 9.85. The second-order valence-corrected chi connectivity index (χ2v) is 11.5. The molecule has 0 radical (unpaired) electrons. The van der Waals surface area contributed by atoms with Crippen LogP contribution in [0.5, 0.6) is 0 Å². The number of para-hydroxylation sites is 1. The summed E-state index contributed by atoms with van der Waals surface area (Å²) in [4.78, 5) is 9.25. The van der Waals surface area contributed by atoms with Crippen LogP contribution in [0.4, 0.5) is 0 Å². The highest BCUT2D eigenvalue weighted by Gasteiger charge is 2.20. The van der Waals surface area contributed by atoms with Gasteiger partial charge in [0, 0.05) is 40.5 Å². The van der Waals surface area contributed by atoms with E-state index in [1.807, 2.05) is 54.7 Å². The molecule has 0 aliphatic heterocycles. The van der Waals surface area contributed by atoms with Gasteiger partial charge in [-0.25, -0.2) is 0 Å². The number of furan rings is 1. The zero-order valence-electron chi connectivity index (χ0n) is 26.5. The molecule has 0 aliphatic carbocycles. The molecule has 7 nitrogen and oxygen atoms in total. The number of unbranched alkanes of at least 4 members (excludes halogenated alkanes) is 1. The maximum Gasteiger partial charge on any atom is 0.136 e. The topological polar surface area (TPSA) is 139 Å². The largest absolute Gasteiger partial charge is 0.456 e. The molecule has 234 valence electrons. The van der Waals surface area contributed by atoms with Crippen molar-refractivity contribution in [1.82, 2.24) is 9.97 Å². The Labute approximate surface area is 283 Å². The summed E-state index contributed by atoms with van der Waals surface area (Å²) >= 11 is 0. The Morgan fingerprint density at radius 2 is 1.55 bits per heavy atom. The molecule has 0 saturated carbocycles. The third-order valence-corrected chi connectivity index (χ3v) is 8.59. The smallest absolute Gasteiger partial charge is 0.136 e. The average Bonchev–Trinajstić information content (AvgIpc) is 3.52. The molecule has 7 rings (SSSR count). The fourth-order valence-corrected chi connectivity index (χ4v) is 6.37. The van der Waals surface area contributed by atoms with E-state index < -0.39 is 0 Å². The van der Waals surface area contributed by atoms with Crippen LogP contribution in [0, 0.1) is 22.7 Å². The zero-order chi connectivity index (χ0) is 33.7. The van der Waals surface area contributed by atoms with Crippen molar-refractivity contribution in [1.29, 1.82) is 10.5 Å². The van der Waals surface area contributed by atoms with E-state index in [-0.39, 0.29) is 0 Å². The average molecular weight is 635 g/mol. The first-order valence-electron chi connectivity index (χ1n) is 15.8. The van der Waals surface area contributed by atoms with Crippen molar-refractivity contribution in [2.75, 3.05) is 0 Å². The second-order valence-electron chi connectivity index (χ2n) is 11.5.